The summed E-state index contributed by atoms with van der Waals surface area (Å²) in [5, 5.41) is 0. The predicted octanol–water partition coefficient (Wildman–Crippen LogP) is 1.49. The molecule has 0 saturated carbocycles. The second kappa shape index (κ2) is 4.76. The van der Waals surface area contributed by atoms with E-state index in [1.165, 1.54) is 12.1 Å². The van der Waals surface area contributed by atoms with Crippen LogP contribution in [0.1, 0.15) is 25.5 Å². The molecule has 0 bridgehead atoms. The molecule has 2 rings (SSSR count). The maximum absolute atomic E-state index is 12.9. The molecule has 0 aliphatic carbocycles. The summed E-state index contributed by atoms with van der Waals surface area (Å²) < 4.78 is 12.9. The Morgan fingerprint density at radius 2 is 1.89 bits per heavy atom. The fourth-order valence-corrected chi connectivity index (χ4v) is 1.78. The molecule has 3 nitrogen and oxygen atoms in total. The van der Waals surface area contributed by atoms with E-state index in [4.69, 9.17) is 7.85 Å². The Hall–Kier alpha value is -1.91. The number of halogens is 1. The van der Waals surface area contributed by atoms with Crippen LogP contribution >= 0.6 is 0 Å². The lowest BCUT2D eigenvalue weighted by atomic mass is 9.85. The van der Waals surface area contributed by atoms with Crippen LogP contribution in [0.2, 0.25) is 0 Å². The van der Waals surface area contributed by atoms with Crippen molar-refractivity contribution >= 4 is 13.3 Å². The normalized spacial score (nSPS) is 10.9. The molecule has 90 valence electrons. The first kappa shape index (κ1) is 12.5. The quantitative estimate of drug-likeness (QED) is 0.811. The Morgan fingerprint density at radius 3 is 2.44 bits per heavy atom. The van der Waals surface area contributed by atoms with Crippen LogP contribution in [0.4, 0.5) is 4.39 Å². The minimum Gasteiger partial charge on any atom is -0.310 e. The van der Waals surface area contributed by atoms with Gasteiger partial charge in [0.1, 0.15) is 13.7 Å². The van der Waals surface area contributed by atoms with Crippen LogP contribution in [0.3, 0.4) is 0 Å². The van der Waals surface area contributed by atoms with Gasteiger partial charge in [-0.1, -0.05) is 19.3 Å². The van der Waals surface area contributed by atoms with Gasteiger partial charge in [0.15, 0.2) is 0 Å². The fourth-order valence-electron chi connectivity index (χ4n) is 1.78. The van der Waals surface area contributed by atoms with E-state index in [1.54, 1.807) is 12.1 Å². The molecule has 18 heavy (non-hydrogen) atoms. The van der Waals surface area contributed by atoms with Gasteiger partial charge in [-0.3, -0.25) is 0 Å². The molecular weight excluding hydrogens is 230 g/mol. The van der Waals surface area contributed by atoms with Gasteiger partial charge in [-0.25, -0.2) is 9.18 Å². The Bertz CT molecular complexity index is 620. The van der Waals surface area contributed by atoms with Crippen molar-refractivity contribution < 1.29 is 4.39 Å². The van der Waals surface area contributed by atoms with Crippen LogP contribution in [0.25, 0.3) is 11.3 Å². The first-order chi connectivity index (χ1) is 8.49. The van der Waals surface area contributed by atoms with Crippen LogP contribution in [-0.4, -0.2) is 17.8 Å². The van der Waals surface area contributed by atoms with E-state index in [9.17, 15) is 9.18 Å². The van der Waals surface area contributed by atoms with Crippen molar-refractivity contribution in [3.05, 3.63) is 46.3 Å². The lowest BCUT2D eigenvalue weighted by Gasteiger charge is -2.13. The molecule has 2 aromatic rings. The monoisotopic (exact) mass is 242 g/mol. The molecule has 0 unspecified atom stereocenters. The standard InChI is InChI=1S/C13H12BFN2O/c1-7(2)11-10(14)12(17-13(18)16-11)8-3-5-9(15)6-4-8/h3-7H,1-2H3,(H,16,17,18). The van der Waals surface area contributed by atoms with Gasteiger partial charge in [-0.15, -0.1) is 0 Å². The summed E-state index contributed by atoms with van der Waals surface area (Å²) in [5.74, 6) is -0.258. The second-order valence-electron chi connectivity index (χ2n) is 4.38. The Balaban J connectivity index is 2.64. The van der Waals surface area contributed by atoms with Crippen LogP contribution in [0, 0.1) is 5.82 Å². The van der Waals surface area contributed by atoms with E-state index in [-0.39, 0.29) is 11.7 Å². The number of hydrogen-bond donors (Lipinski definition) is 1. The zero-order valence-electron chi connectivity index (χ0n) is 10.2. The van der Waals surface area contributed by atoms with E-state index in [2.05, 4.69) is 9.97 Å². The molecule has 0 amide bonds. The minimum absolute atomic E-state index is 0.0832. The lowest BCUT2D eigenvalue weighted by Crippen LogP contribution is -2.27. The summed E-state index contributed by atoms with van der Waals surface area (Å²) in [5.41, 5.74) is 1.64. The minimum atomic E-state index is -0.452. The van der Waals surface area contributed by atoms with Gasteiger partial charge in [0.05, 0.1) is 5.69 Å². The number of rotatable bonds is 2. The maximum Gasteiger partial charge on any atom is 0.345 e. The third-order valence-electron chi connectivity index (χ3n) is 2.70. The average Bonchev–Trinajstić information content (AvgIpc) is 2.32. The molecule has 5 heteroatoms. The van der Waals surface area contributed by atoms with E-state index < -0.39 is 5.69 Å². The van der Waals surface area contributed by atoms with Gasteiger partial charge in [0.2, 0.25) is 0 Å². The zero-order chi connectivity index (χ0) is 13.3. The number of benzene rings is 1. The van der Waals surface area contributed by atoms with Crippen molar-refractivity contribution in [2.45, 2.75) is 19.8 Å². The summed E-state index contributed by atoms with van der Waals surface area (Å²) in [6, 6.07) is 5.73. The zero-order valence-corrected chi connectivity index (χ0v) is 10.2. The molecule has 0 aliphatic heterocycles. The number of nitrogens with zero attached hydrogens (tertiary/aromatic N) is 1. The molecule has 0 saturated heterocycles. The summed E-state index contributed by atoms with van der Waals surface area (Å²) in [6.45, 7) is 3.85. The van der Waals surface area contributed by atoms with Crippen LogP contribution in [0.5, 0.6) is 0 Å². The average molecular weight is 242 g/mol. The fraction of sp³-hybridized carbons (Fsp3) is 0.231. The van der Waals surface area contributed by atoms with E-state index in [0.717, 1.165) is 0 Å². The third kappa shape index (κ3) is 2.35. The second-order valence-corrected chi connectivity index (χ2v) is 4.38. The Kier molecular flexibility index (Phi) is 3.32. The summed E-state index contributed by atoms with van der Waals surface area (Å²) in [6.07, 6.45) is 0. The van der Waals surface area contributed by atoms with Gasteiger partial charge in [-0.2, -0.15) is 4.98 Å². The highest BCUT2D eigenvalue weighted by atomic mass is 19.1. The predicted molar refractivity (Wildman–Crippen MR) is 69.7 cm³/mol. The SMILES string of the molecule is [B]c1c(-c2ccc(F)cc2)nc(=O)[nH]c1C(C)C. The van der Waals surface area contributed by atoms with E-state index in [0.29, 0.717) is 22.4 Å². The van der Waals surface area contributed by atoms with Crippen molar-refractivity contribution in [3.8, 4) is 11.3 Å². The number of H-pyrrole nitrogens is 1. The number of aromatic amines is 1. The third-order valence-corrected chi connectivity index (χ3v) is 2.70. The van der Waals surface area contributed by atoms with Gasteiger partial charge in [-0.05, 0) is 35.7 Å². The van der Waals surface area contributed by atoms with Crippen molar-refractivity contribution in [2.75, 3.05) is 0 Å². The van der Waals surface area contributed by atoms with Crippen molar-refractivity contribution in [3.63, 3.8) is 0 Å². The molecule has 0 fully saturated rings. The first-order valence-corrected chi connectivity index (χ1v) is 5.64. The number of aromatic nitrogens is 2. The highest BCUT2D eigenvalue weighted by molar-refractivity contribution is 6.36. The Morgan fingerprint density at radius 1 is 1.28 bits per heavy atom. The van der Waals surface area contributed by atoms with Gasteiger partial charge in [0, 0.05) is 5.69 Å². The summed E-state index contributed by atoms with van der Waals surface area (Å²) in [4.78, 5) is 18.0. The molecule has 1 aromatic carbocycles. The molecule has 1 aromatic heterocycles. The maximum atomic E-state index is 12.9. The largest absolute Gasteiger partial charge is 0.345 e. The van der Waals surface area contributed by atoms with Crippen molar-refractivity contribution in [2.24, 2.45) is 0 Å². The molecule has 1 N–H and O–H groups in total. The highest BCUT2D eigenvalue weighted by Gasteiger charge is 2.12. The van der Waals surface area contributed by atoms with Crippen LogP contribution < -0.4 is 11.2 Å². The lowest BCUT2D eigenvalue weighted by molar-refractivity contribution is 0.628. The number of nitrogens with one attached hydrogen (secondary N) is 1. The first-order valence-electron chi connectivity index (χ1n) is 5.64. The van der Waals surface area contributed by atoms with Gasteiger partial charge in [0.25, 0.3) is 0 Å². The van der Waals surface area contributed by atoms with E-state index in [1.807, 2.05) is 13.8 Å². The van der Waals surface area contributed by atoms with Crippen LogP contribution in [0.15, 0.2) is 29.1 Å². The molecule has 0 aliphatic rings. The highest BCUT2D eigenvalue weighted by Crippen LogP contribution is 2.16. The molecule has 1 heterocycles. The Labute approximate surface area is 106 Å². The van der Waals surface area contributed by atoms with Crippen LogP contribution in [-0.2, 0) is 0 Å². The van der Waals surface area contributed by atoms with Crippen molar-refractivity contribution in [1.82, 2.24) is 9.97 Å². The number of hydrogen-bond acceptors (Lipinski definition) is 2. The summed E-state index contributed by atoms with van der Waals surface area (Å²) >= 11 is 0. The van der Waals surface area contributed by atoms with Gasteiger partial charge < -0.3 is 4.98 Å². The van der Waals surface area contributed by atoms with Gasteiger partial charge >= 0.3 is 5.69 Å². The van der Waals surface area contributed by atoms with Crippen molar-refractivity contribution in [1.29, 1.82) is 0 Å². The summed E-state index contributed by atoms with van der Waals surface area (Å²) in [7, 11) is 6.00. The molecule has 0 spiro atoms. The topological polar surface area (TPSA) is 45.8 Å². The smallest absolute Gasteiger partial charge is 0.310 e. The van der Waals surface area contributed by atoms with E-state index >= 15 is 0 Å². The molecule has 2 radical (unpaired) electrons. The molecule has 0 atom stereocenters. The molecular formula is C13H12BFN2O.